The van der Waals surface area contributed by atoms with Gasteiger partial charge in [-0.25, -0.2) is 0 Å². The smallest absolute Gasteiger partial charge is 0.0741 e. The third kappa shape index (κ3) is 4.08. The van der Waals surface area contributed by atoms with Gasteiger partial charge in [0.05, 0.1) is 11.0 Å². The Kier molecular flexibility index (Phi) is 5.96. The van der Waals surface area contributed by atoms with Crippen LogP contribution in [0.4, 0.5) is 11.4 Å². The van der Waals surface area contributed by atoms with Gasteiger partial charge >= 0.3 is 0 Å². The number of halogens is 2. The highest BCUT2D eigenvalue weighted by Crippen LogP contribution is 2.36. The molecule has 0 unspecified atom stereocenters. The molecule has 0 radical (unpaired) electrons. The SMILES string of the molecule is Clc1ccc2c(NCCNc3c4c(nc5cc(Cl)ccc35)CCCC4)c3c(nc2c1)CCCC3. The molecule has 0 atom stereocenters. The second kappa shape index (κ2) is 9.24. The van der Waals surface area contributed by atoms with E-state index in [9.17, 15) is 0 Å². The second-order valence-electron chi connectivity index (χ2n) is 9.41. The quantitative estimate of drug-likeness (QED) is 0.286. The van der Waals surface area contributed by atoms with E-state index in [0.717, 1.165) is 70.6 Å². The van der Waals surface area contributed by atoms with Crippen molar-refractivity contribution in [2.45, 2.75) is 51.4 Å². The maximum Gasteiger partial charge on any atom is 0.0741 e. The molecule has 2 aromatic heterocycles. The first kappa shape index (κ1) is 21.9. The molecule has 6 rings (SSSR count). The summed E-state index contributed by atoms with van der Waals surface area (Å²) in [6.07, 6.45) is 9.11. The number of nitrogens with zero attached hydrogens (tertiary/aromatic N) is 2. The average Bonchev–Trinajstić information content (AvgIpc) is 2.85. The summed E-state index contributed by atoms with van der Waals surface area (Å²) in [5, 5.41) is 11.3. The third-order valence-corrected chi connectivity index (χ3v) is 7.65. The maximum atomic E-state index is 6.28. The molecule has 4 nitrogen and oxygen atoms in total. The Morgan fingerprint density at radius 3 is 1.53 bits per heavy atom. The highest BCUT2D eigenvalue weighted by molar-refractivity contribution is 6.31. The van der Waals surface area contributed by atoms with E-state index >= 15 is 0 Å². The van der Waals surface area contributed by atoms with Crippen LogP contribution < -0.4 is 10.6 Å². The average molecular weight is 491 g/mol. The Balaban J connectivity index is 1.28. The van der Waals surface area contributed by atoms with Gasteiger partial charge in [0.2, 0.25) is 0 Å². The summed E-state index contributed by atoms with van der Waals surface area (Å²) in [5.74, 6) is 0. The van der Waals surface area contributed by atoms with Crippen molar-refractivity contribution in [1.82, 2.24) is 9.97 Å². The lowest BCUT2D eigenvalue weighted by molar-refractivity contribution is 0.671. The number of hydrogen-bond donors (Lipinski definition) is 2. The third-order valence-electron chi connectivity index (χ3n) is 7.18. The van der Waals surface area contributed by atoms with Gasteiger partial charge < -0.3 is 10.6 Å². The van der Waals surface area contributed by atoms with E-state index in [4.69, 9.17) is 33.2 Å². The Labute approximate surface area is 210 Å². The fourth-order valence-corrected chi connectivity index (χ4v) is 5.91. The van der Waals surface area contributed by atoms with E-state index < -0.39 is 0 Å². The highest BCUT2D eigenvalue weighted by atomic mass is 35.5. The summed E-state index contributed by atoms with van der Waals surface area (Å²) < 4.78 is 0. The molecule has 0 spiro atoms. The van der Waals surface area contributed by atoms with Crippen LogP contribution in [0.2, 0.25) is 10.0 Å². The van der Waals surface area contributed by atoms with Crippen molar-refractivity contribution < 1.29 is 0 Å². The molecular weight excluding hydrogens is 463 g/mol. The molecule has 174 valence electrons. The van der Waals surface area contributed by atoms with Crippen molar-refractivity contribution in [2.24, 2.45) is 0 Å². The lowest BCUT2D eigenvalue weighted by atomic mass is 9.92. The monoisotopic (exact) mass is 490 g/mol. The molecule has 0 fully saturated rings. The molecule has 0 saturated heterocycles. The number of nitrogens with one attached hydrogen (secondary N) is 2. The van der Waals surface area contributed by atoms with Gasteiger partial charge in [-0.15, -0.1) is 0 Å². The Bertz CT molecular complexity index is 1290. The largest absolute Gasteiger partial charge is 0.382 e. The van der Waals surface area contributed by atoms with Crippen molar-refractivity contribution in [3.63, 3.8) is 0 Å². The van der Waals surface area contributed by atoms with E-state index in [2.05, 4.69) is 22.8 Å². The van der Waals surface area contributed by atoms with Crippen LogP contribution in [0.15, 0.2) is 36.4 Å². The first-order valence-electron chi connectivity index (χ1n) is 12.4. The summed E-state index contributed by atoms with van der Waals surface area (Å²) in [6, 6.07) is 12.1. The summed E-state index contributed by atoms with van der Waals surface area (Å²) in [7, 11) is 0. The van der Waals surface area contributed by atoms with Crippen LogP contribution in [-0.4, -0.2) is 23.1 Å². The molecule has 4 aromatic rings. The van der Waals surface area contributed by atoms with E-state index in [1.165, 1.54) is 59.6 Å². The lowest BCUT2D eigenvalue weighted by Crippen LogP contribution is -2.19. The molecule has 34 heavy (non-hydrogen) atoms. The van der Waals surface area contributed by atoms with Crippen molar-refractivity contribution >= 4 is 56.4 Å². The molecule has 2 heterocycles. The van der Waals surface area contributed by atoms with Gasteiger partial charge in [-0.05, 0) is 98.9 Å². The van der Waals surface area contributed by atoms with Gasteiger partial charge in [-0.1, -0.05) is 23.2 Å². The fourth-order valence-electron chi connectivity index (χ4n) is 5.58. The molecule has 6 heteroatoms. The van der Waals surface area contributed by atoms with Crippen LogP contribution >= 0.6 is 23.2 Å². The zero-order valence-corrected chi connectivity index (χ0v) is 20.7. The number of aryl methyl sites for hydroxylation is 2. The normalized spacial score (nSPS) is 15.2. The fraction of sp³-hybridized carbons (Fsp3) is 0.357. The first-order chi connectivity index (χ1) is 16.7. The van der Waals surface area contributed by atoms with Crippen molar-refractivity contribution in [3.05, 3.63) is 69.0 Å². The Morgan fingerprint density at radius 1 is 0.618 bits per heavy atom. The summed E-state index contributed by atoms with van der Waals surface area (Å²) in [4.78, 5) is 9.89. The van der Waals surface area contributed by atoms with Gasteiger partial charge in [0.25, 0.3) is 0 Å². The minimum atomic E-state index is 0.734. The number of rotatable bonds is 5. The van der Waals surface area contributed by atoms with Gasteiger partial charge in [0, 0.05) is 56.7 Å². The predicted octanol–water partition coefficient (Wildman–Crippen LogP) is 7.37. The van der Waals surface area contributed by atoms with Crippen molar-refractivity contribution in [3.8, 4) is 0 Å². The van der Waals surface area contributed by atoms with E-state index in [0.29, 0.717) is 0 Å². The van der Waals surface area contributed by atoms with Crippen LogP contribution in [0.25, 0.3) is 21.8 Å². The number of hydrogen-bond acceptors (Lipinski definition) is 4. The highest BCUT2D eigenvalue weighted by Gasteiger charge is 2.20. The zero-order valence-electron chi connectivity index (χ0n) is 19.2. The number of aromatic nitrogens is 2. The topological polar surface area (TPSA) is 49.8 Å². The first-order valence-corrected chi connectivity index (χ1v) is 13.1. The zero-order chi connectivity index (χ0) is 23.1. The van der Waals surface area contributed by atoms with Crippen LogP contribution in [0, 0.1) is 0 Å². The molecule has 2 aliphatic rings. The van der Waals surface area contributed by atoms with Crippen LogP contribution in [0.5, 0.6) is 0 Å². The van der Waals surface area contributed by atoms with Crippen LogP contribution in [0.3, 0.4) is 0 Å². The Hall–Kier alpha value is -2.56. The lowest BCUT2D eigenvalue weighted by Gasteiger charge is -2.23. The Morgan fingerprint density at radius 2 is 1.06 bits per heavy atom. The minimum absolute atomic E-state index is 0.734. The van der Waals surface area contributed by atoms with Gasteiger partial charge in [-0.3, -0.25) is 9.97 Å². The molecule has 2 aromatic carbocycles. The van der Waals surface area contributed by atoms with E-state index in [1.54, 1.807) is 0 Å². The van der Waals surface area contributed by atoms with E-state index in [-0.39, 0.29) is 0 Å². The molecule has 2 N–H and O–H groups in total. The number of anilines is 2. The number of benzene rings is 2. The van der Waals surface area contributed by atoms with E-state index in [1.807, 2.05) is 24.3 Å². The molecule has 0 amide bonds. The molecule has 0 aliphatic heterocycles. The minimum Gasteiger partial charge on any atom is -0.382 e. The maximum absolute atomic E-state index is 6.28. The molecule has 0 saturated carbocycles. The number of fused-ring (bicyclic) bond motifs is 4. The molecule has 2 aliphatic carbocycles. The summed E-state index contributed by atoms with van der Waals surface area (Å²) in [6.45, 7) is 1.64. The second-order valence-corrected chi connectivity index (χ2v) is 10.3. The molecular formula is C28H28Cl2N4. The van der Waals surface area contributed by atoms with Crippen LogP contribution in [0.1, 0.15) is 48.2 Å². The standard InChI is InChI=1S/C28H28Cl2N4/c29-17-9-11-21-25(15-17)33-23-7-3-1-5-19(23)27(21)31-13-14-32-28-20-6-2-4-8-24(20)34-26-16-18(30)10-12-22(26)28/h9-12,15-16H,1-8,13-14H2,(H,31,33)(H,32,34). The summed E-state index contributed by atoms with van der Waals surface area (Å²) in [5.41, 5.74) is 9.62. The van der Waals surface area contributed by atoms with Crippen molar-refractivity contribution in [1.29, 1.82) is 0 Å². The molecule has 0 bridgehead atoms. The predicted molar refractivity (Wildman–Crippen MR) is 144 cm³/mol. The van der Waals surface area contributed by atoms with Gasteiger partial charge in [0.15, 0.2) is 0 Å². The van der Waals surface area contributed by atoms with Gasteiger partial charge in [-0.2, -0.15) is 0 Å². The van der Waals surface area contributed by atoms with Gasteiger partial charge in [0.1, 0.15) is 0 Å². The van der Waals surface area contributed by atoms with Crippen LogP contribution in [-0.2, 0) is 25.7 Å². The number of pyridine rings is 2. The van der Waals surface area contributed by atoms with Crippen molar-refractivity contribution in [2.75, 3.05) is 23.7 Å². The summed E-state index contributed by atoms with van der Waals surface area (Å²) >= 11 is 12.6.